The second-order valence-corrected chi connectivity index (χ2v) is 11.0. The Bertz CT molecular complexity index is 1580. The van der Waals surface area contributed by atoms with E-state index in [2.05, 4.69) is 4.98 Å². The molecular formula is C28H25Cl2N3O4S. The summed E-state index contributed by atoms with van der Waals surface area (Å²) in [5.74, 6) is 0.419. The molecule has 0 aliphatic rings. The van der Waals surface area contributed by atoms with Crippen molar-refractivity contribution in [3.63, 3.8) is 0 Å². The molecule has 0 saturated carbocycles. The molecule has 0 radical (unpaired) electrons. The van der Waals surface area contributed by atoms with E-state index < -0.39 is 15.9 Å². The summed E-state index contributed by atoms with van der Waals surface area (Å²) in [5, 5.41) is 0.670. The highest BCUT2D eigenvalue weighted by atomic mass is 35.5. The normalized spacial score (nSPS) is 11.6. The fraction of sp³-hybridized carbons (Fsp3) is 0.143. The predicted octanol–water partition coefficient (Wildman–Crippen LogP) is 5.95. The Hall–Kier alpha value is -3.59. The van der Waals surface area contributed by atoms with E-state index >= 15 is 0 Å². The fourth-order valence-electron chi connectivity index (χ4n) is 3.66. The number of imidazole rings is 1. The highest BCUT2D eigenvalue weighted by molar-refractivity contribution is 7.90. The zero-order valence-corrected chi connectivity index (χ0v) is 23.0. The first-order valence-electron chi connectivity index (χ1n) is 11.6. The van der Waals surface area contributed by atoms with Gasteiger partial charge in [0.2, 0.25) is 0 Å². The van der Waals surface area contributed by atoms with Crippen molar-refractivity contribution in [2.75, 3.05) is 0 Å². The van der Waals surface area contributed by atoms with Crippen molar-refractivity contribution < 1.29 is 17.9 Å². The van der Waals surface area contributed by atoms with E-state index in [-0.39, 0.29) is 10.0 Å². The molecule has 3 aromatic carbocycles. The van der Waals surface area contributed by atoms with Crippen molar-refractivity contribution in [1.29, 1.82) is 0 Å². The predicted molar refractivity (Wildman–Crippen MR) is 149 cm³/mol. The number of aryl methyl sites for hydroxylation is 2. The van der Waals surface area contributed by atoms with Gasteiger partial charge in [-0.05, 0) is 55.3 Å². The molecule has 0 atom stereocenters. The maximum atomic E-state index is 12.5. The van der Waals surface area contributed by atoms with E-state index in [0.29, 0.717) is 35.4 Å². The van der Waals surface area contributed by atoms with Gasteiger partial charge >= 0.3 is 0 Å². The van der Waals surface area contributed by atoms with Crippen LogP contribution in [0.5, 0.6) is 5.75 Å². The maximum absolute atomic E-state index is 12.5. The summed E-state index contributed by atoms with van der Waals surface area (Å²) in [5.41, 5.74) is 3.18. The Labute approximate surface area is 231 Å². The van der Waals surface area contributed by atoms with Crippen LogP contribution in [0.4, 0.5) is 0 Å². The number of hydrogen-bond acceptors (Lipinski definition) is 5. The molecule has 38 heavy (non-hydrogen) atoms. The summed E-state index contributed by atoms with van der Waals surface area (Å²) in [6.07, 6.45) is 2.53. The van der Waals surface area contributed by atoms with Gasteiger partial charge in [0.1, 0.15) is 18.2 Å². The maximum Gasteiger partial charge on any atom is 0.264 e. The number of hydrogen-bond donors (Lipinski definition) is 1. The number of sulfonamides is 1. The minimum atomic E-state index is -4.01. The molecular weight excluding hydrogens is 545 g/mol. The molecule has 0 unspecified atom stereocenters. The van der Waals surface area contributed by atoms with Gasteiger partial charge in [-0.2, -0.15) is 0 Å². The third kappa shape index (κ3) is 6.83. The van der Waals surface area contributed by atoms with Gasteiger partial charge < -0.3 is 9.30 Å². The van der Waals surface area contributed by atoms with E-state index in [9.17, 15) is 13.2 Å². The molecule has 1 aromatic heterocycles. The van der Waals surface area contributed by atoms with Crippen LogP contribution in [-0.2, 0) is 28.0 Å². The lowest BCUT2D eigenvalue weighted by Gasteiger charge is -2.12. The fourth-order valence-corrected chi connectivity index (χ4v) is 5.12. The number of amides is 1. The summed E-state index contributed by atoms with van der Waals surface area (Å²) in [4.78, 5) is 16.7. The third-order valence-electron chi connectivity index (χ3n) is 5.71. The molecule has 0 bridgehead atoms. The molecule has 10 heteroatoms. The van der Waals surface area contributed by atoms with Crippen molar-refractivity contribution in [2.45, 2.75) is 31.9 Å². The highest BCUT2D eigenvalue weighted by Crippen LogP contribution is 2.27. The summed E-state index contributed by atoms with van der Waals surface area (Å²) >= 11 is 12.9. The zero-order chi connectivity index (χ0) is 27.3. The quantitative estimate of drug-likeness (QED) is 0.251. The zero-order valence-electron chi connectivity index (χ0n) is 20.7. The van der Waals surface area contributed by atoms with Crippen LogP contribution in [0.1, 0.15) is 28.2 Å². The number of ether oxygens (including phenoxy) is 1. The lowest BCUT2D eigenvalue weighted by molar-refractivity contribution is -0.114. The van der Waals surface area contributed by atoms with Crippen LogP contribution in [0.2, 0.25) is 10.2 Å². The van der Waals surface area contributed by atoms with Gasteiger partial charge in [0.15, 0.2) is 5.15 Å². The Morgan fingerprint density at radius 2 is 1.74 bits per heavy atom. The van der Waals surface area contributed by atoms with E-state index in [0.717, 1.165) is 22.8 Å². The van der Waals surface area contributed by atoms with Crippen molar-refractivity contribution in [3.05, 3.63) is 117 Å². The molecule has 0 aliphatic carbocycles. The van der Waals surface area contributed by atoms with Crippen molar-refractivity contribution in [3.8, 4) is 5.75 Å². The van der Waals surface area contributed by atoms with Crippen molar-refractivity contribution in [1.82, 2.24) is 14.3 Å². The van der Waals surface area contributed by atoms with Crippen LogP contribution in [-0.4, -0.2) is 23.9 Å². The molecule has 1 N–H and O–H groups in total. The average Bonchev–Trinajstić information content (AvgIpc) is 3.15. The topological polar surface area (TPSA) is 90.3 Å². The molecule has 1 amide bonds. The minimum absolute atomic E-state index is 0.00499. The smallest absolute Gasteiger partial charge is 0.264 e. The summed E-state index contributed by atoms with van der Waals surface area (Å²) < 4.78 is 34.7. The molecule has 196 valence electrons. The van der Waals surface area contributed by atoms with Crippen LogP contribution in [0.15, 0.2) is 83.8 Å². The molecule has 7 nitrogen and oxygen atoms in total. The SMILES string of the molecule is Cc1ccc(S(=O)(=O)NC(=O)C=Cc2c(Cl)nc(C)n2Cc2ccc(OCc3ccccc3)cc2Cl)cc1. The van der Waals surface area contributed by atoms with Crippen LogP contribution in [0.3, 0.4) is 0 Å². The first-order valence-corrected chi connectivity index (χ1v) is 13.9. The van der Waals surface area contributed by atoms with Crippen LogP contribution in [0, 0.1) is 13.8 Å². The van der Waals surface area contributed by atoms with E-state index in [4.69, 9.17) is 27.9 Å². The summed E-state index contributed by atoms with van der Waals surface area (Å²) in [7, 11) is -4.01. The number of nitrogens with one attached hydrogen (secondary N) is 1. The van der Waals surface area contributed by atoms with Gasteiger partial charge in [0.05, 0.1) is 17.1 Å². The molecule has 0 fully saturated rings. The Morgan fingerprint density at radius 3 is 2.42 bits per heavy atom. The standard InChI is InChI=1S/C28H25Cl2N3O4S/c1-19-8-12-24(13-9-19)38(35,36)32-27(34)15-14-26-28(30)31-20(2)33(26)17-22-10-11-23(16-25(22)29)37-18-21-6-4-3-5-7-21/h3-16H,17-18H2,1-2H3,(H,32,34). The average molecular weight is 570 g/mol. The van der Waals surface area contributed by atoms with Crippen molar-refractivity contribution in [2.24, 2.45) is 0 Å². The Balaban J connectivity index is 1.47. The highest BCUT2D eigenvalue weighted by Gasteiger charge is 2.17. The number of carbonyl (C=O) groups excluding carboxylic acids is 1. The largest absolute Gasteiger partial charge is 0.489 e. The second-order valence-electron chi connectivity index (χ2n) is 8.56. The number of benzene rings is 3. The number of nitrogens with zero attached hydrogens (tertiary/aromatic N) is 2. The van der Waals surface area contributed by atoms with Gasteiger partial charge in [0.25, 0.3) is 15.9 Å². The van der Waals surface area contributed by atoms with Gasteiger partial charge in [0, 0.05) is 11.1 Å². The lowest BCUT2D eigenvalue weighted by Crippen LogP contribution is -2.29. The molecule has 1 heterocycles. The van der Waals surface area contributed by atoms with Gasteiger partial charge in [-0.3, -0.25) is 4.79 Å². The van der Waals surface area contributed by atoms with E-state index in [1.165, 1.54) is 18.2 Å². The van der Waals surface area contributed by atoms with Crippen LogP contribution in [0.25, 0.3) is 6.08 Å². The molecule has 0 saturated heterocycles. The minimum Gasteiger partial charge on any atom is -0.489 e. The van der Waals surface area contributed by atoms with E-state index in [1.54, 1.807) is 29.7 Å². The van der Waals surface area contributed by atoms with Gasteiger partial charge in [-0.1, -0.05) is 77.3 Å². The summed E-state index contributed by atoms with van der Waals surface area (Å²) in [6.45, 7) is 4.36. The Morgan fingerprint density at radius 1 is 1.03 bits per heavy atom. The molecule has 4 aromatic rings. The second kappa shape index (κ2) is 11.9. The molecule has 4 rings (SSSR count). The van der Waals surface area contributed by atoms with Gasteiger partial charge in [-0.15, -0.1) is 0 Å². The Kier molecular flexibility index (Phi) is 8.56. The van der Waals surface area contributed by atoms with Crippen LogP contribution < -0.4 is 9.46 Å². The first-order chi connectivity index (χ1) is 18.1. The van der Waals surface area contributed by atoms with Gasteiger partial charge in [-0.25, -0.2) is 18.1 Å². The van der Waals surface area contributed by atoms with E-state index in [1.807, 2.05) is 54.1 Å². The lowest BCUT2D eigenvalue weighted by atomic mass is 10.2. The molecule has 0 aliphatic heterocycles. The number of rotatable bonds is 9. The monoisotopic (exact) mass is 569 g/mol. The number of aromatic nitrogens is 2. The van der Waals surface area contributed by atoms with Crippen LogP contribution >= 0.6 is 23.2 Å². The first kappa shape index (κ1) is 27.4. The summed E-state index contributed by atoms with van der Waals surface area (Å²) in [6, 6.07) is 21.4. The molecule has 0 spiro atoms. The third-order valence-corrected chi connectivity index (χ3v) is 7.71. The number of carbonyl (C=O) groups is 1. The number of halogens is 2. The van der Waals surface area contributed by atoms with Crippen molar-refractivity contribution >= 4 is 45.2 Å².